The lowest BCUT2D eigenvalue weighted by atomic mass is 10.2. The summed E-state index contributed by atoms with van der Waals surface area (Å²) < 4.78 is 11.0. The highest BCUT2D eigenvalue weighted by Crippen LogP contribution is 2.28. The van der Waals surface area contributed by atoms with Crippen molar-refractivity contribution in [2.24, 2.45) is 0 Å². The molecule has 1 amide bonds. The third kappa shape index (κ3) is 4.18. The summed E-state index contributed by atoms with van der Waals surface area (Å²) in [6.07, 6.45) is 1.21. The van der Waals surface area contributed by atoms with E-state index in [4.69, 9.17) is 21.4 Å². The zero-order chi connectivity index (χ0) is 18.5. The van der Waals surface area contributed by atoms with Gasteiger partial charge in [-0.05, 0) is 55.0 Å². The number of rotatable bonds is 5. The molecule has 0 saturated heterocycles. The van der Waals surface area contributed by atoms with Crippen LogP contribution in [0.25, 0.3) is 22.6 Å². The number of ether oxygens (including phenoxy) is 1. The molecule has 134 valence electrons. The van der Waals surface area contributed by atoms with Crippen LogP contribution in [-0.4, -0.2) is 23.1 Å². The van der Waals surface area contributed by atoms with E-state index in [-0.39, 0.29) is 11.0 Å². The van der Waals surface area contributed by atoms with E-state index in [1.807, 2.05) is 49.4 Å². The SMILES string of the molecule is CCCC(=O)NC(=S)Nc1ccc2oc(-c3cccc(OC)c3)nc2c1. The van der Waals surface area contributed by atoms with Crippen molar-refractivity contribution in [3.05, 3.63) is 42.5 Å². The number of carbonyl (C=O) groups excluding carboxylic acids is 1. The predicted octanol–water partition coefficient (Wildman–Crippen LogP) is 4.12. The molecular formula is C19H19N3O3S. The van der Waals surface area contributed by atoms with Crippen LogP contribution in [0, 0.1) is 0 Å². The minimum atomic E-state index is -0.104. The fourth-order valence-electron chi connectivity index (χ4n) is 2.46. The smallest absolute Gasteiger partial charge is 0.227 e. The highest BCUT2D eigenvalue weighted by Gasteiger charge is 2.10. The molecule has 1 heterocycles. The van der Waals surface area contributed by atoms with Gasteiger partial charge in [-0.25, -0.2) is 4.98 Å². The number of nitrogens with zero attached hydrogens (tertiary/aromatic N) is 1. The molecule has 0 unspecified atom stereocenters. The minimum absolute atomic E-state index is 0.104. The number of carbonyl (C=O) groups is 1. The van der Waals surface area contributed by atoms with Gasteiger partial charge < -0.3 is 19.8 Å². The van der Waals surface area contributed by atoms with E-state index >= 15 is 0 Å². The fraction of sp³-hybridized carbons (Fsp3) is 0.211. The van der Waals surface area contributed by atoms with Gasteiger partial charge in [-0.2, -0.15) is 0 Å². The Morgan fingerprint density at radius 2 is 2.12 bits per heavy atom. The van der Waals surface area contributed by atoms with Crippen LogP contribution in [0.3, 0.4) is 0 Å². The van der Waals surface area contributed by atoms with Gasteiger partial charge in [0.2, 0.25) is 11.8 Å². The quantitative estimate of drug-likeness (QED) is 0.659. The van der Waals surface area contributed by atoms with E-state index in [1.165, 1.54) is 0 Å². The maximum Gasteiger partial charge on any atom is 0.227 e. The van der Waals surface area contributed by atoms with Crippen molar-refractivity contribution in [1.29, 1.82) is 0 Å². The van der Waals surface area contributed by atoms with Gasteiger partial charge >= 0.3 is 0 Å². The zero-order valence-corrected chi connectivity index (χ0v) is 15.4. The van der Waals surface area contributed by atoms with Crippen LogP contribution in [0.15, 0.2) is 46.9 Å². The molecule has 0 radical (unpaired) electrons. The summed E-state index contributed by atoms with van der Waals surface area (Å²) in [6.45, 7) is 1.94. The summed E-state index contributed by atoms with van der Waals surface area (Å²) in [5, 5.41) is 5.90. The summed E-state index contributed by atoms with van der Waals surface area (Å²) >= 11 is 5.16. The highest BCUT2D eigenvalue weighted by molar-refractivity contribution is 7.80. The van der Waals surface area contributed by atoms with Crippen LogP contribution in [0.1, 0.15) is 19.8 Å². The first kappa shape index (κ1) is 17.9. The largest absolute Gasteiger partial charge is 0.497 e. The molecule has 0 aliphatic heterocycles. The summed E-state index contributed by atoms with van der Waals surface area (Å²) in [4.78, 5) is 16.1. The van der Waals surface area contributed by atoms with Crippen molar-refractivity contribution in [3.8, 4) is 17.2 Å². The molecule has 6 nitrogen and oxygen atoms in total. The topological polar surface area (TPSA) is 76.4 Å². The van der Waals surface area contributed by atoms with Gasteiger partial charge in [-0.3, -0.25) is 4.79 Å². The van der Waals surface area contributed by atoms with Gasteiger partial charge in [-0.15, -0.1) is 0 Å². The molecule has 1 aromatic heterocycles. The van der Waals surface area contributed by atoms with Gasteiger partial charge in [0.15, 0.2) is 10.7 Å². The van der Waals surface area contributed by atoms with Crippen LogP contribution >= 0.6 is 12.2 Å². The third-order valence-corrected chi connectivity index (χ3v) is 3.90. The molecule has 0 spiro atoms. The number of methoxy groups -OCH3 is 1. The van der Waals surface area contributed by atoms with E-state index < -0.39 is 0 Å². The minimum Gasteiger partial charge on any atom is -0.497 e. The lowest BCUT2D eigenvalue weighted by Crippen LogP contribution is -2.33. The Morgan fingerprint density at radius 1 is 1.27 bits per heavy atom. The van der Waals surface area contributed by atoms with E-state index in [0.29, 0.717) is 23.4 Å². The normalized spacial score (nSPS) is 10.5. The van der Waals surface area contributed by atoms with Gasteiger partial charge in [0.05, 0.1) is 7.11 Å². The van der Waals surface area contributed by atoms with E-state index in [9.17, 15) is 4.79 Å². The van der Waals surface area contributed by atoms with Crippen molar-refractivity contribution >= 4 is 40.0 Å². The molecular weight excluding hydrogens is 350 g/mol. The Labute approximate surface area is 156 Å². The monoisotopic (exact) mass is 369 g/mol. The number of fused-ring (bicyclic) bond motifs is 1. The number of nitrogens with one attached hydrogen (secondary N) is 2. The van der Waals surface area contributed by atoms with Crippen molar-refractivity contribution in [3.63, 3.8) is 0 Å². The lowest BCUT2D eigenvalue weighted by molar-refractivity contribution is -0.119. The third-order valence-electron chi connectivity index (χ3n) is 3.69. The van der Waals surface area contributed by atoms with Crippen LogP contribution in [0.4, 0.5) is 5.69 Å². The zero-order valence-electron chi connectivity index (χ0n) is 14.5. The molecule has 0 aliphatic carbocycles. The Kier molecular flexibility index (Phi) is 5.48. The number of thiocarbonyl (C=S) groups is 1. The lowest BCUT2D eigenvalue weighted by Gasteiger charge is -2.08. The van der Waals surface area contributed by atoms with Crippen LogP contribution in [-0.2, 0) is 4.79 Å². The summed E-state index contributed by atoms with van der Waals surface area (Å²) in [5.41, 5.74) is 2.91. The molecule has 26 heavy (non-hydrogen) atoms. The molecule has 3 rings (SSSR count). The molecule has 0 aliphatic rings. The van der Waals surface area contributed by atoms with Crippen LogP contribution in [0.2, 0.25) is 0 Å². The maximum atomic E-state index is 11.6. The van der Waals surface area contributed by atoms with Crippen molar-refractivity contribution < 1.29 is 13.9 Å². The average molecular weight is 369 g/mol. The Morgan fingerprint density at radius 3 is 2.88 bits per heavy atom. The Bertz CT molecular complexity index is 952. The number of aromatic nitrogens is 1. The van der Waals surface area contributed by atoms with Crippen molar-refractivity contribution in [1.82, 2.24) is 10.3 Å². The Hall–Kier alpha value is -2.93. The fourth-order valence-corrected chi connectivity index (χ4v) is 2.69. The summed E-state index contributed by atoms with van der Waals surface area (Å²) in [6, 6.07) is 13.0. The first-order chi connectivity index (χ1) is 12.6. The molecule has 0 bridgehead atoms. The molecule has 3 aromatic rings. The van der Waals surface area contributed by atoms with Crippen LogP contribution in [0.5, 0.6) is 5.75 Å². The van der Waals surface area contributed by atoms with E-state index in [0.717, 1.165) is 23.4 Å². The van der Waals surface area contributed by atoms with Crippen molar-refractivity contribution in [2.45, 2.75) is 19.8 Å². The molecule has 0 atom stereocenters. The number of hydrogen-bond acceptors (Lipinski definition) is 5. The second-order valence-electron chi connectivity index (χ2n) is 5.69. The predicted molar refractivity (Wildman–Crippen MR) is 105 cm³/mol. The molecule has 2 N–H and O–H groups in total. The molecule has 0 fully saturated rings. The summed E-state index contributed by atoms with van der Waals surface area (Å²) in [5.74, 6) is 1.14. The number of oxazole rings is 1. The second kappa shape index (κ2) is 7.97. The van der Waals surface area contributed by atoms with Crippen LogP contribution < -0.4 is 15.4 Å². The average Bonchev–Trinajstić information content (AvgIpc) is 3.05. The number of hydrogen-bond donors (Lipinski definition) is 2. The van der Waals surface area contributed by atoms with Gasteiger partial charge in [0.25, 0.3) is 0 Å². The van der Waals surface area contributed by atoms with Crippen molar-refractivity contribution in [2.75, 3.05) is 12.4 Å². The van der Waals surface area contributed by atoms with Gasteiger partial charge in [0.1, 0.15) is 11.3 Å². The number of anilines is 1. The second-order valence-corrected chi connectivity index (χ2v) is 6.09. The molecule has 0 saturated carbocycles. The molecule has 2 aromatic carbocycles. The molecule has 7 heteroatoms. The maximum absolute atomic E-state index is 11.6. The first-order valence-electron chi connectivity index (χ1n) is 8.25. The number of benzene rings is 2. The first-order valence-corrected chi connectivity index (χ1v) is 8.65. The number of amides is 1. The Balaban J connectivity index is 1.79. The van der Waals surface area contributed by atoms with Gasteiger partial charge in [-0.1, -0.05) is 13.0 Å². The highest BCUT2D eigenvalue weighted by atomic mass is 32.1. The summed E-state index contributed by atoms with van der Waals surface area (Å²) in [7, 11) is 1.62. The van der Waals surface area contributed by atoms with E-state index in [2.05, 4.69) is 15.6 Å². The van der Waals surface area contributed by atoms with Gasteiger partial charge in [0, 0.05) is 17.7 Å². The van der Waals surface area contributed by atoms with E-state index in [1.54, 1.807) is 7.11 Å². The standard InChI is InChI=1S/C19H19N3O3S/c1-3-5-17(23)22-19(26)20-13-8-9-16-15(11-13)21-18(25-16)12-6-4-7-14(10-12)24-2/h4,6-11H,3,5H2,1-2H3,(H2,20,22,23,26).